The molecule has 6 nitrogen and oxygen atoms in total. The summed E-state index contributed by atoms with van der Waals surface area (Å²) in [4.78, 5) is 38.3. The van der Waals surface area contributed by atoms with Gasteiger partial charge in [0.05, 0.1) is 0 Å². The Balaban J connectivity index is 4.32. The SMILES string of the molecule is CCCCCC/C=C\C/C=C\CCCCCCCC(=O)OCC(COC(=O)CCCCCCCCCCCCCCCCCCCCC)OC(=O)CCCCCCCCCCCCCCCCCCC. The minimum Gasteiger partial charge on any atom is -0.462 e. The van der Waals surface area contributed by atoms with Crippen LogP contribution < -0.4 is 0 Å². The average molecular weight is 986 g/mol. The molecule has 0 aromatic heterocycles. The minimum atomic E-state index is -0.773. The molecule has 0 spiro atoms. The third-order valence-electron chi connectivity index (χ3n) is 14.2. The van der Waals surface area contributed by atoms with Gasteiger partial charge in [0, 0.05) is 19.3 Å². The Morgan fingerprint density at radius 3 is 0.800 bits per heavy atom. The molecule has 0 radical (unpaired) electrons. The van der Waals surface area contributed by atoms with Crippen molar-refractivity contribution < 1.29 is 28.6 Å². The van der Waals surface area contributed by atoms with Gasteiger partial charge in [0.25, 0.3) is 0 Å². The Morgan fingerprint density at radius 2 is 0.514 bits per heavy atom. The lowest BCUT2D eigenvalue weighted by atomic mass is 10.0. The maximum Gasteiger partial charge on any atom is 0.306 e. The van der Waals surface area contributed by atoms with E-state index in [1.54, 1.807) is 0 Å². The quantitative estimate of drug-likeness (QED) is 0.0261. The van der Waals surface area contributed by atoms with Gasteiger partial charge in [-0.1, -0.05) is 302 Å². The van der Waals surface area contributed by atoms with Crippen LogP contribution in [0.5, 0.6) is 0 Å². The fraction of sp³-hybridized carbons (Fsp3) is 0.891. The number of ether oxygens (including phenoxy) is 3. The number of hydrogen-bond acceptors (Lipinski definition) is 6. The minimum absolute atomic E-state index is 0.0696. The van der Waals surface area contributed by atoms with E-state index >= 15 is 0 Å². The normalized spacial score (nSPS) is 12.1. The molecule has 0 aliphatic rings. The van der Waals surface area contributed by atoms with E-state index in [1.807, 2.05) is 0 Å². The number of carbonyl (C=O) groups is 3. The van der Waals surface area contributed by atoms with Crippen LogP contribution in [-0.4, -0.2) is 37.2 Å². The van der Waals surface area contributed by atoms with Crippen LogP contribution in [-0.2, 0) is 28.6 Å². The van der Waals surface area contributed by atoms with Crippen molar-refractivity contribution in [1.29, 1.82) is 0 Å². The van der Waals surface area contributed by atoms with E-state index < -0.39 is 6.10 Å². The molecule has 6 heteroatoms. The summed E-state index contributed by atoms with van der Waals surface area (Å²) in [5.74, 6) is -0.857. The van der Waals surface area contributed by atoms with Crippen molar-refractivity contribution in [2.45, 2.75) is 354 Å². The Kier molecular flexibility index (Phi) is 57.7. The van der Waals surface area contributed by atoms with Crippen molar-refractivity contribution in [1.82, 2.24) is 0 Å². The molecule has 0 saturated heterocycles. The molecule has 0 bridgehead atoms. The van der Waals surface area contributed by atoms with Gasteiger partial charge in [-0.2, -0.15) is 0 Å². The summed E-state index contributed by atoms with van der Waals surface area (Å²) < 4.78 is 16.9. The molecule has 0 rings (SSSR count). The lowest BCUT2D eigenvalue weighted by Crippen LogP contribution is -2.30. The molecule has 70 heavy (non-hydrogen) atoms. The zero-order valence-electron chi connectivity index (χ0n) is 47.3. The molecule has 0 fully saturated rings. The van der Waals surface area contributed by atoms with Crippen LogP contribution in [0, 0.1) is 0 Å². The van der Waals surface area contributed by atoms with Crippen molar-refractivity contribution >= 4 is 17.9 Å². The summed E-state index contributed by atoms with van der Waals surface area (Å²) in [7, 11) is 0. The molecule has 1 unspecified atom stereocenters. The molecule has 0 N–H and O–H groups in total. The van der Waals surface area contributed by atoms with Gasteiger partial charge in [0.2, 0.25) is 0 Å². The maximum atomic E-state index is 12.9. The Hall–Kier alpha value is -2.11. The highest BCUT2D eigenvalue weighted by Crippen LogP contribution is 2.18. The number of esters is 3. The van der Waals surface area contributed by atoms with Crippen molar-refractivity contribution in [3.63, 3.8) is 0 Å². The zero-order chi connectivity index (χ0) is 50.7. The number of allylic oxidation sites excluding steroid dienone is 4. The molecule has 412 valence electrons. The van der Waals surface area contributed by atoms with Gasteiger partial charge in [0.1, 0.15) is 13.2 Å². The first-order valence-electron chi connectivity index (χ1n) is 31.3. The van der Waals surface area contributed by atoms with Crippen LogP contribution in [0.3, 0.4) is 0 Å². The van der Waals surface area contributed by atoms with Gasteiger partial charge in [-0.05, 0) is 51.4 Å². The van der Waals surface area contributed by atoms with E-state index in [0.717, 1.165) is 77.0 Å². The highest BCUT2D eigenvalue weighted by atomic mass is 16.6. The van der Waals surface area contributed by atoms with Crippen LogP contribution in [0.25, 0.3) is 0 Å². The van der Waals surface area contributed by atoms with E-state index in [1.165, 1.54) is 231 Å². The summed E-state index contributed by atoms with van der Waals surface area (Å²) in [5.41, 5.74) is 0. The molecule has 0 aromatic rings. The highest BCUT2D eigenvalue weighted by Gasteiger charge is 2.19. The molecule has 0 heterocycles. The second-order valence-electron chi connectivity index (χ2n) is 21.3. The first-order chi connectivity index (χ1) is 34.5. The second-order valence-corrected chi connectivity index (χ2v) is 21.3. The Bertz CT molecular complexity index is 1130. The fourth-order valence-electron chi connectivity index (χ4n) is 9.48. The van der Waals surface area contributed by atoms with E-state index in [2.05, 4.69) is 45.1 Å². The maximum absolute atomic E-state index is 12.9. The Labute approximate surface area is 436 Å². The third kappa shape index (κ3) is 56.8. The van der Waals surface area contributed by atoms with Crippen LogP contribution in [0.4, 0.5) is 0 Å². The Morgan fingerprint density at radius 1 is 0.286 bits per heavy atom. The lowest BCUT2D eigenvalue weighted by molar-refractivity contribution is -0.167. The van der Waals surface area contributed by atoms with Gasteiger partial charge < -0.3 is 14.2 Å². The van der Waals surface area contributed by atoms with E-state index in [4.69, 9.17) is 14.2 Å². The number of unbranched alkanes of at least 4 members (excludes halogenated alkanes) is 43. The van der Waals surface area contributed by atoms with Gasteiger partial charge in [0.15, 0.2) is 6.10 Å². The molecule has 1 atom stereocenters. The summed E-state index contributed by atoms with van der Waals surface area (Å²) in [5, 5.41) is 0. The molecular weight excluding hydrogens is 865 g/mol. The monoisotopic (exact) mass is 985 g/mol. The molecule has 0 amide bonds. The van der Waals surface area contributed by atoms with Crippen LogP contribution in [0.1, 0.15) is 348 Å². The first kappa shape index (κ1) is 67.9. The fourth-order valence-corrected chi connectivity index (χ4v) is 9.48. The second kappa shape index (κ2) is 59.5. The van der Waals surface area contributed by atoms with Gasteiger partial charge >= 0.3 is 17.9 Å². The number of hydrogen-bond donors (Lipinski definition) is 0. The number of rotatable bonds is 58. The van der Waals surface area contributed by atoms with Crippen LogP contribution >= 0.6 is 0 Å². The van der Waals surface area contributed by atoms with Crippen LogP contribution in [0.15, 0.2) is 24.3 Å². The van der Waals surface area contributed by atoms with E-state index in [9.17, 15) is 14.4 Å². The van der Waals surface area contributed by atoms with Gasteiger partial charge in [-0.25, -0.2) is 0 Å². The third-order valence-corrected chi connectivity index (χ3v) is 14.2. The van der Waals surface area contributed by atoms with Crippen LogP contribution in [0.2, 0.25) is 0 Å². The predicted molar refractivity (Wildman–Crippen MR) is 303 cm³/mol. The molecule has 0 saturated carbocycles. The van der Waals surface area contributed by atoms with Crippen molar-refractivity contribution in [2.24, 2.45) is 0 Å². The molecule has 0 aliphatic heterocycles. The highest BCUT2D eigenvalue weighted by molar-refractivity contribution is 5.71. The topological polar surface area (TPSA) is 78.9 Å². The average Bonchev–Trinajstić information content (AvgIpc) is 3.36. The van der Waals surface area contributed by atoms with Crippen molar-refractivity contribution in [3.8, 4) is 0 Å². The number of carbonyl (C=O) groups excluding carboxylic acids is 3. The smallest absolute Gasteiger partial charge is 0.306 e. The predicted octanol–water partition coefficient (Wildman–Crippen LogP) is 21.1. The summed E-state index contributed by atoms with van der Waals surface area (Å²) in [6.45, 7) is 6.68. The summed E-state index contributed by atoms with van der Waals surface area (Å²) >= 11 is 0. The van der Waals surface area contributed by atoms with Gasteiger partial charge in [-0.3, -0.25) is 14.4 Å². The zero-order valence-corrected chi connectivity index (χ0v) is 47.3. The largest absolute Gasteiger partial charge is 0.462 e. The van der Waals surface area contributed by atoms with E-state index in [0.29, 0.717) is 19.3 Å². The van der Waals surface area contributed by atoms with Crippen molar-refractivity contribution in [3.05, 3.63) is 24.3 Å². The first-order valence-corrected chi connectivity index (χ1v) is 31.3. The summed E-state index contributed by atoms with van der Waals surface area (Å²) in [6, 6.07) is 0. The summed E-state index contributed by atoms with van der Waals surface area (Å²) in [6.07, 6.45) is 70.3. The van der Waals surface area contributed by atoms with Crippen molar-refractivity contribution in [2.75, 3.05) is 13.2 Å². The molecular formula is C64H120O6. The molecule has 0 aliphatic carbocycles. The standard InChI is InChI=1S/C64H120O6/c1-4-7-10-13-16-19-22-25-28-31-32-34-36-39-42-45-48-51-54-57-63(66)69-60-61(59-68-62(65)56-53-50-47-44-41-38-35-30-27-24-21-18-15-12-9-6-3)70-64(67)58-55-52-49-46-43-40-37-33-29-26-23-20-17-14-11-8-5-2/h21,24,30,35,61H,4-20,22-23,25-29,31-34,36-60H2,1-3H3/b24-21-,35-30-. The van der Waals surface area contributed by atoms with E-state index in [-0.39, 0.29) is 31.1 Å². The molecule has 0 aromatic carbocycles. The lowest BCUT2D eigenvalue weighted by Gasteiger charge is -2.18. The van der Waals surface area contributed by atoms with Gasteiger partial charge in [-0.15, -0.1) is 0 Å².